The quantitative estimate of drug-likeness (QED) is 0.359. The molecule has 6 rings (SSSR count). The number of aromatic amines is 1. The SMILES string of the molecule is O=S(=O)(Oc1ccc(-c2ccc3nc([C@@H]4CCCN4)[nH]c3c2)c2c1CC1(CCCC1)C2)C(F)(F)F. The molecule has 1 saturated carbocycles. The highest BCUT2D eigenvalue weighted by Crippen LogP contribution is 2.53. The number of halogens is 3. The Kier molecular flexibility index (Phi) is 5.20. The molecule has 1 spiro atoms. The normalized spacial score (nSPS) is 21.7. The minimum Gasteiger partial charge on any atom is -0.376 e. The predicted molar refractivity (Wildman–Crippen MR) is 125 cm³/mol. The van der Waals surface area contributed by atoms with E-state index < -0.39 is 15.6 Å². The second-order valence-corrected chi connectivity index (χ2v) is 11.7. The van der Waals surface area contributed by atoms with E-state index in [-0.39, 0.29) is 17.2 Å². The molecule has 2 N–H and O–H groups in total. The number of imidazole rings is 1. The molecule has 186 valence electrons. The highest BCUT2D eigenvalue weighted by Gasteiger charge is 2.50. The van der Waals surface area contributed by atoms with Gasteiger partial charge in [0, 0.05) is 5.56 Å². The molecule has 0 amide bonds. The van der Waals surface area contributed by atoms with Gasteiger partial charge in [0.2, 0.25) is 0 Å². The van der Waals surface area contributed by atoms with Crippen LogP contribution >= 0.6 is 0 Å². The molecule has 0 unspecified atom stereocenters. The van der Waals surface area contributed by atoms with Crippen LogP contribution in [0.3, 0.4) is 0 Å². The van der Waals surface area contributed by atoms with Crippen LogP contribution in [0.25, 0.3) is 22.2 Å². The Hall–Kier alpha value is -2.59. The largest absolute Gasteiger partial charge is 0.534 e. The first-order valence-corrected chi connectivity index (χ1v) is 13.4. The molecular formula is C25H26F3N3O3S. The third kappa shape index (κ3) is 3.91. The van der Waals surface area contributed by atoms with E-state index in [0.29, 0.717) is 18.4 Å². The van der Waals surface area contributed by atoms with Crippen molar-refractivity contribution in [1.82, 2.24) is 15.3 Å². The molecule has 0 radical (unpaired) electrons. The molecule has 10 heteroatoms. The predicted octanol–water partition coefficient (Wildman–Crippen LogP) is 5.54. The van der Waals surface area contributed by atoms with Gasteiger partial charge in [-0.05, 0) is 85.4 Å². The summed E-state index contributed by atoms with van der Waals surface area (Å²) < 4.78 is 67.4. The number of nitrogens with zero attached hydrogens (tertiary/aromatic N) is 1. The van der Waals surface area contributed by atoms with Crippen molar-refractivity contribution in [2.75, 3.05) is 6.54 Å². The van der Waals surface area contributed by atoms with Crippen LogP contribution in [0.1, 0.15) is 61.5 Å². The van der Waals surface area contributed by atoms with Gasteiger partial charge in [-0.15, -0.1) is 0 Å². The molecule has 1 saturated heterocycles. The molecule has 0 bridgehead atoms. The zero-order valence-electron chi connectivity index (χ0n) is 19.0. The van der Waals surface area contributed by atoms with E-state index in [2.05, 4.69) is 14.5 Å². The van der Waals surface area contributed by atoms with Gasteiger partial charge in [-0.25, -0.2) is 4.98 Å². The van der Waals surface area contributed by atoms with Gasteiger partial charge >= 0.3 is 15.6 Å². The molecule has 3 aromatic rings. The zero-order chi connectivity index (χ0) is 24.4. The monoisotopic (exact) mass is 505 g/mol. The summed E-state index contributed by atoms with van der Waals surface area (Å²) in [6, 6.07) is 9.20. The topological polar surface area (TPSA) is 84.1 Å². The summed E-state index contributed by atoms with van der Waals surface area (Å²) in [5.74, 6) is 0.702. The second kappa shape index (κ2) is 7.96. The minimum absolute atomic E-state index is 0.0437. The van der Waals surface area contributed by atoms with Crippen molar-refractivity contribution >= 4 is 21.2 Å². The lowest BCUT2D eigenvalue weighted by atomic mass is 9.83. The summed E-state index contributed by atoms with van der Waals surface area (Å²) in [7, 11) is -5.74. The number of fused-ring (bicyclic) bond motifs is 2. The van der Waals surface area contributed by atoms with E-state index in [1.54, 1.807) is 6.07 Å². The molecule has 35 heavy (non-hydrogen) atoms. The molecule has 2 aliphatic carbocycles. The van der Waals surface area contributed by atoms with Crippen LogP contribution in [-0.4, -0.2) is 30.4 Å². The standard InChI is InChI=1S/C25H26F3N3O3S/c26-25(27,28)35(32,33)34-22-8-6-16(17-13-24(14-18(17)22)9-1-2-10-24)15-5-7-19-21(12-15)31-23(30-19)20-4-3-11-29-20/h5-8,12,20,29H,1-4,9-11,13-14H2,(H,30,31)/t20-/m0/s1. The average Bonchev–Trinajstić information content (AvgIpc) is 3.59. The molecular weight excluding hydrogens is 479 g/mol. The van der Waals surface area contributed by atoms with Crippen molar-refractivity contribution in [3.63, 3.8) is 0 Å². The van der Waals surface area contributed by atoms with E-state index in [1.807, 2.05) is 18.2 Å². The number of hydrogen-bond acceptors (Lipinski definition) is 5. The first kappa shape index (κ1) is 22.8. The molecule has 1 atom stereocenters. The van der Waals surface area contributed by atoms with Gasteiger partial charge < -0.3 is 14.5 Å². The lowest BCUT2D eigenvalue weighted by Gasteiger charge is -2.21. The number of aromatic nitrogens is 2. The van der Waals surface area contributed by atoms with Crippen LogP contribution in [0.15, 0.2) is 30.3 Å². The summed E-state index contributed by atoms with van der Waals surface area (Å²) in [4.78, 5) is 8.15. The number of H-pyrrole nitrogens is 1. The van der Waals surface area contributed by atoms with Gasteiger partial charge in [0.1, 0.15) is 11.6 Å². The van der Waals surface area contributed by atoms with Crippen molar-refractivity contribution in [2.24, 2.45) is 5.41 Å². The fourth-order valence-corrected chi connectivity index (χ4v) is 6.64. The first-order chi connectivity index (χ1) is 16.6. The first-order valence-electron chi connectivity index (χ1n) is 12.0. The fraction of sp³-hybridized carbons (Fsp3) is 0.480. The summed E-state index contributed by atoms with van der Waals surface area (Å²) in [6.45, 7) is 0.972. The Bertz CT molecular complexity index is 1400. The molecule has 2 heterocycles. The average molecular weight is 506 g/mol. The van der Waals surface area contributed by atoms with Gasteiger partial charge in [-0.2, -0.15) is 21.6 Å². The maximum Gasteiger partial charge on any atom is 0.534 e. The highest BCUT2D eigenvalue weighted by molar-refractivity contribution is 7.88. The van der Waals surface area contributed by atoms with Gasteiger partial charge in [0.05, 0.1) is 17.1 Å². The summed E-state index contributed by atoms with van der Waals surface area (Å²) >= 11 is 0. The summed E-state index contributed by atoms with van der Waals surface area (Å²) in [5.41, 5.74) is -0.471. The maximum atomic E-state index is 13.0. The number of hydrogen-bond donors (Lipinski definition) is 2. The third-order valence-corrected chi connectivity index (χ3v) is 8.81. The van der Waals surface area contributed by atoms with Crippen LogP contribution in [0.5, 0.6) is 5.75 Å². The van der Waals surface area contributed by atoms with E-state index in [4.69, 9.17) is 4.98 Å². The van der Waals surface area contributed by atoms with E-state index >= 15 is 0 Å². The van der Waals surface area contributed by atoms with Gasteiger partial charge in [0.15, 0.2) is 0 Å². The van der Waals surface area contributed by atoms with Crippen LogP contribution < -0.4 is 9.50 Å². The minimum atomic E-state index is -5.74. The van der Waals surface area contributed by atoms with Crippen molar-refractivity contribution < 1.29 is 25.8 Å². The van der Waals surface area contributed by atoms with E-state index in [9.17, 15) is 21.6 Å². The van der Waals surface area contributed by atoms with Crippen LogP contribution in [0, 0.1) is 5.41 Å². The van der Waals surface area contributed by atoms with Crippen molar-refractivity contribution in [3.8, 4) is 16.9 Å². The third-order valence-electron chi connectivity index (χ3n) is 7.84. The lowest BCUT2D eigenvalue weighted by Crippen LogP contribution is -2.28. The molecule has 1 aliphatic heterocycles. The van der Waals surface area contributed by atoms with Crippen LogP contribution in [-0.2, 0) is 23.0 Å². The number of nitrogens with one attached hydrogen (secondary N) is 2. The molecule has 3 aliphatic rings. The van der Waals surface area contributed by atoms with Crippen molar-refractivity contribution in [2.45, 2.75) is 62.9 Å². The van der Waals surface area contributed by atoms with E-state index in [1.165, 1.54) is 6.07 Å². The molecule has 1 aromatic heterocycles. The number of rotatable bonds is 4. The smallest absolute Gasteiger partial charge is 0.376 e. The number of alkyl halides is 3. The molecule has 2 fully saturated rings. The Balaban J connectivity index is 1.42. The van der Waals surface area contributed by atoms with Crippen LogP contribution in [0.2, 0.25) is 0 Å². The second-order valence-electron chi connectivity index (χ2n) is 10.1. The highest BCUT2D eigenvalue weighted by atomic mass is 32.2. The maximum absolute atomic E-state index is 13.0. The van der Waals surface area contributed by atoms with Gasteiger partial charge in [0.25, 0.3) is 0 Å². The van der Waals surface area contributed by atoms with E-state index in [0.717, 1.165) is 78.6 Å². The van der Waals surface area contributed by atoms with Crippen molar-refractivity contribution in [3.05, 3.63) is 47.3 Å². The summed E-state index contributed by atoms with van der Waals surface area (Å²) in [5, 5.41) is 3.44. The van der Waals surface area contributed by atoms with Gasteiger partial charge in [-0.1, -0.05) is 25.0 Å². The van der Waals surface area contributed by atoms with Crippen molar-refractivity contribution in [1.29, 1.82) is 0 Å². The Morgan fingerprint density at radius 1 is 1.03 bits per heavy atom. The molecule has 2 aromatic carbocycles. The molecule has 6 nitrogen and oxygen atoms in total. The fourth-order valence-electron chi connectivity index (χ4n) is 6.15. The Morgan fingerprint density at radius 2 is 1.80 bits per heavy atom. The Labute approximate surface area is 201 Å². The van der Waals surface area contributed by atoms with Gasteiger partial charge in [-0.3, -0.25) is 0 Å². The lowest BCUT2D eigenvalue weighted by molar-refractivity contribution is -0.0500. The number of benzene rings is 2. The Morgan fingerprint density at radius 3 is 2.51 bits per heavy atom. The summed E-state index contributed by atoms with van der Waals surface area (Å²) in [6.07, 6.45) is 7.47. The van der Waals surface area contributed by atoms with Crippen LogP contribution in [0.4, 0.5) is 13.2 Å². The zero-order valence-corrected chi connectivity index (χ0v) is 19.9.